The molecule has 5 nitrogen and oxygen atoms in total. The van der Waals surface area contributed by atoms with E-state index in [2.05, 4.69) is 9.72 Å². The van der Waals surface area contributed by atoms with Crippen LogP contribution in [0.4, 0.5) is 0 Å². The molecule has 0 aliphatic rings. The molecule has 2 aromatic rings. The van der Waals surface area contributed by atoms with Crippen LogP contribution in [0.1, 0.15) is 9.67 Å². The number of carbonyl (C=O) groups excluding carboxylic acids is 1. The Bertz CT molecular complexity index is 524. The Morgan fingerprint density at radius 2 is 2.44 bits per heavy atom. The number of esters is 1. The van der Waals surface area contributed by atoms with E-state index in [0.29, 0.717) is 28.1 Å². The van der Waals surface area contributed by atoms with E-state index in [0.717, 1.165) is 0 Å². The fraction of sp³-hybridized carbons (Fsp3) is 0.273. The molecule has 0 bridgehead atoms. The van der Waals surface area contributed by atoms with Crippen LogP contribution in [0.15, 0.2) is 24.8 Å². The Morgan fingerprint density at radius 3 is 3.11 bits per heavy atom. The van der Waals surface area contributed by atoms with E-state index in [9.17, 15) is 4.79 Å². The lowest BCUT2D eigenvalue weighted by atomic mass is 10.5. The fourth-order valence-electron chi connectivity index (χ4n) is 1.31. The van der Waals surface area contributed by atoms with Gasteiger partial charge in [0.05, 0.1) is 25.0 Å². The first kappa shape index (κ1) is 12.9. The summed E-state index contributed by atoms with van der Waals surface area (Å²) in [4.78, 5) is 15.7. The molecule has 0 spiro atoms. The standard InChI is InChI=1S/C11H11ClN2O3S/c1-16-10(15)9-6-8(12)11(18-9)17-5-4-14-3-2-13-7-14/h2-3,6-7H,4-5H2,1H3. The first-order chi connectivity index (χ1) is 8.70. The van der Waals surface area contributed by atoms with Crippen LogP contribution in [0.3, 0.4) is 0 Å². The van der Waals surface area contributed by atoms with E-state index >= 15 is 0 Å². The molecule has 0 saturated heterocycles. The van der Waals surface area contributed by atoms with Gasteiger partial charge in [-0.2, -0.15) is 0 Å². The van der Waals surface area contributed by atoms with Gasteiger partial charge in [-0.3, -0.25) is 0 Å². The number of halogens is 1. The lowest BCUT2D eigenvalue weighted by Crippen LogP contribution is -2.05. The van der Waals surface area contributed by atoms with Crippen molar-refractivity contribution in [2.75, 3.05) is 13.7 Å². The molecule has 2 rings (SSSR count). The van der Waals surface area contributed by atoms with E-state index in [4.69, 9.17) is 16.3 Å². The monoisotopic (exact) mass is 286 g/mol. The highest BCUT2D eigenvalue weighted by molar-refractivity contribution is 7.16. The van der Waals surface area contributed by atoms with Gasteiger partial charge in [-0.05, 0) is 6.07 Å². The maximum atomic E-state index is 11.3. The smallest absolute Gasteiger partial charge is 0.348 e. The van der Waals surface area contributed by atoms with Crippen LogP contribution >= 0.6 is 22.9 Å². The van der Waals surface area contributed by atoms with Crippen LogP contribution in [-0.4, -0.2) is 29.2 Å². The Kier molecular flexibility index (Phi) is 4.22. The number of hydrogen-bond donors (Lipinski definition) is 0. The summed E-state index contributed by atoms with van der Waals surface area (Å²) in [5, 5.41) is 0.947. The Morgan fingerprint density at radius 1 is 1.61 bits per heavy atom. The number of imidazole rings is 1. The number of nitrogens with zero attached hydrogens (tertiary/aromatic N) is 2. The number of methoxy groups -OCH3 is 1. The molecule has 0 unspecified atom stereocenters. The van der Waals surface area contributed by atoms with E-state index < -0.39 is 5.97 Å². The summed E-state index contributed by atoms with van der Waals surface area (Å²) in [7, 11) is 1.33. The van der Waals surface area contributed by atoms with Gasteiger partial charge in [-0.15, -0.1) is 0 Å². The topological polar surface area (TPSA) is 53.4 Å². The summed E-state index contributed by atoms with van der Waals surface area (Å²) in [6.07, 6.45) is 5.26. The van der Waals surface area contributed by atoms with Crippen LogP contribution in [0, 0.1) is 0 Å². The molecule has 0 fully saturated rings. The Hall–Kier alpha value is -1.53. The normalized spacial score (nSPS) is 10.3. The molecule has 0 N–H and O–H groups in total. The average molecular weight is 287 g/mol. The minimum Gasteiger partial charge on any atom is -0.481 e. The molecular weight excluding hydrogens is 276 g/mol. The predicted molar refractivity (Wildman–Crippen MR) is 68.4 cm³/mol. The van der Waals surface area contributed by atoms with Gasteiger partial charge in [0.2, 0.25) is 0 Å². The molecule has 0 aliphatic carbocycles. The van der Waals surface area contributed by atoms with Crippen LogP contribution < -0.4 is 4.74 Å². The summed E-state index contributed by atoms with van der Waals surface area (Å²) in [6.45, 7) is 1.12. The van der Waals surface area contributed by atoms with Crippen molar-refractivity contribution >= 4 is 28.9 Å². The summed E-state index contributed by atoms with van der Waals surface area (Å²) < 4.78 is 12.0. The van der Waals surface area contributed by atoms with Gasteiger partial charge in [0.25, 0.3) is 0 Å². The Balaban J connectivity index is 1.93. The van der Waals surface area contributed by atoms with Crippen LogP contribution in [0.25, 0.3) is 0 Å². The molecule has 0 atom stereocenters. The summed E-state index contributed by atoms with van der Waals surface area (Å²) in [6, 6.07) is 1.55. The van der Waals surface area contributed by atoms with Crippen molar-refractivity contribution < 1.29 is 14.3 Å². The summed E-state index contributed by atoms with van der Waals surface area (Å²) in [5.41, 5.74) is 0. The van der Waals surface area contributed by atoms with Crippen molar-refractivity contribution in [3.63, 3.8) is 0 Å². The molecule has 0 radical (unpaired) electrons. The van der Waals surface area contributed by atoms with Crippen molar-refractivity contribution in [3.8, 4) is 5.06 Å². The SMILES string of the molecule is COC(=O)c1cc(Cl)c(OCCn2ccnc2)s1. The van der Waals surface area contributed by atoms with Gasteiger partial charge in [0.1, 0.15) is 11.5 Å². The summed E-state index contributed by atoms with van der Waals surface area (Å²) in [5.74, 6) is -0.411. The molecule has 2 heterocycles. The van der Waals surface area contributed by atoms with Crippen molar-refractivity contribution in [2.45, 2.75) is 6.54 Å². The zero-order valence-electron chi connectivity index (χ0n) is 9.63. The molecular formula is C11H11ClN2O3S. The number of ether oxygens (including phenoxy) is 2. The first-order valence-corrected chi connectivity index (χ1v) is 6.36. The van der Waals surface area contributed by atoms with Gasteiger partial charge < -0.3 is 14.0 Å². The van der Waals surface area contributed by atoms with E-state index in [1.165, 1.54) is 18.4 Å². The number of thiophene rings is 1. The lowest BCUT2D eigenvalue weighted by Gasteiger charge is -2.04. The molecule has 2 aromatic heterocycles. The van der Waals surface area contributed by atoms with Gasteiger partial charge >= 0.3 is 5.97 Å². The van der Waals surface area contributed by atoms with Gasteiger partial charge in [-0.1, -0.05) is 22.9 Å². The predicted octanol–water partition coefficient (Wildman–Crippen LogP) is 2.46. The molecule has 7 heteroatoms. The number of carbonyl (C=O) groups is 1. The third-order valence-corrected chi connectivity index (χ3v) is 3.60. The lowest BCUT2D eigenvalue weighted by molar-refractivity contribution is 0.0606. The highest BCUT2D eigenvalue weighted by atomic mass is 35.5. The van der Waals surface area contributed by atoms with Gasteiger partial charge in [0.15, 0.2) is 5.06 Å². The third kappa shape index (κ3) is 3.02. The van der Waals surface area contributed by atoms with Crippen molar-refractivity contribution in [1.82, 2.24) is 9.55 Å². The largest absolute Gasteiger partial charge is 0.481 e. The first-order valence-electron chi connectivity index (χ1n) is 5.17. The average Bonchev–Trinajstić information content (AvgIpc) is 2.99. The van der Waals surface area contributed by atoms with Crippen LogP contribution in [0.2, 0.25) is 5.02 Å². The van der Waals surface area contributed by atoms with E-state index in [-0.39, 0.29) is 0 Å². The fourth-order valence-corrected chi connectivity index (χ4v) is 2.50. The minimum atomic E-state index is -0.411. The Labute approximate surface area is 113 Å². The number of aromatic nitrogens is 2. The second kappa shape index (κ2) is 5.88. The van der Waals surface area contributed by atoms with Gasteiger partial charge in [-0.25, -0.2) is 9.78 Å². The molecule has 96 valence electrons. The van der Waals surface area contributed by atoms with Crippen LogP contribution in [0.5, 0.6) is 5.06 Å². The zero-order valence-corrected chi connectivity index (χ0v) is 11.2. The van der Waals surface area contributed by atoms with E-state index in [1.54, 1.807) is 18.6 Å². The highest BCUT2D eigenvalue weighted by Gasteiger charge is 2.14. The van der Waals surface area contributed by atoms with Crippen molar-refractivity contribution in [1.29, 1.82) is 0 Å². The summed E-state index contributed by atoms with van der Waals surface area (Å²) >= 11 is 7.14. The van der Waals surface area contributed by atoms with Crippen molar-refractivity contribution in [3.05, 3.63) is 34.7 Å². The molecule has 0 saturated carbocycles. The van der Waals surface area contributed by atoms with Crippen LogP contribution in [-0.2, 0) is 11.3 Å². The third-order valence-electron chi connectivity index (χ3n) is 2.18. The molecule has 18 heavy (non-hydrogen) atoms. The quantitative estimate of drug-likeness (QED) is 0.792. The van der Waals surface area contributed by atoms with Gasteiger partial charge in [0, 0.05) is 12.4 Å². The van der Waals surface area contributed by atoms with Crippen molar-refractivity contribution in [2.24, 2.45) is 0 Å². The molecule has 0 aromatic carbocycles. The second-order valence-electron chi connectivity index (χ2n) is 3.39. The maximum Gasteiger partial charge on any atom is 0.348 e. The maximum absolute atomic E-state index is 11.3. The molecule has 0 amide bonds. The highest BCUT2D eigenvalue weighted by Crippen LogP contribution is 2.34. The number of rotatable bonds is 5. The number of hydrogen-bond acceptors (Lipinski definition) is 5. The second-order valence-corrected chi connectivity index (χ2v) is 4.81. The minimum absolute atomic E-state index is 0.411. The molecule has 0 aliphatic heterocycles. The van der Waals surface area contributed by atoms with E-state index in [1.807, 2.05) is 10.8 Å². The zero-order chi connectivity index (χ0) is 13.0.